The predicted octanol–water partition coefficient (Wildman–Crippen LogP) is 5.16. The number of fused-ring (bicyclic) bond motifs is 1. The van der Waals surface area contributed by atoms with Gasteiger partial charge in [-0.15, -0.1) is 0 Å². The van der Waals surface area contributed by atoms with Crippen molar-refractivity contribution in [1.29, 1.82) is 0 Å². The topological polar surface area (TPSA) is 59.0 Å². The average molecular weight is 505 g/mol. The number of hydrogen-bond donors (Lipinski definition) is 2. The Hall–Kier alpha value is -3.06. The summed E-state index contributed by atoms with van der Waals surface area (Å²) >= 11 is 6.23. The summed E-state index contributed by atoms with van der Waals surface area (Å²) in [6, 6.07) is 20.6. The molecule has 0 spiro atoms. The third-order valence-corrected chi connectivity index (χ3v) is 7.24. The van der Waals surface area contributed by atoms with Crippen molar-refractivity contribution in [2.45, 2.75) is 38.9 Å². The first-order valence-corrected chi connectivity index (χ1v) is 12.7. The second-order valence-electron chi connectivity index (χ2n) is 9.80. The maximum absolute atomic E-state index is 14.5. The maximum Gasteiger partial charge on any atom is 0.261 e. The third-order valence-electron chi connectivity index (χ3n) is 7.01. The van der Waals surface area contributed by atoms with Gasteiger partial charge in [-0.05, 0) is 60.2 Å². The molecule has 3 aromatic carbocycles. The smallest absolute Gasteiger partial charge is 0.261 e. The number of hydrogen-bond acceptors (Lipinski definition) is 4. The van der Waals surface area contributed by atoms with Gasteiger partial charge in [0.15, 0.2) is 0 Å². The van der Waals surface area contributed by atoms with Crippen LogP contribution in [-0.4, -0.2) is 22.6 Å². The molecule has 1 saturated heterocycles. The maximum atomic E-state index is 14.5. The van der Waals surface area contributed by atoms with E-state index in [-0.39, 0.29) is 17.3 Å². The second-order valence-corrected chi connectivity index (χ2v) is 10.2. The second kappa shape index (κ2) is 10.1. The van der Waals surface area contributed by atoms with Crippen LogP contribution in [0.2, 0.25) is 5.02 Å². The fraction of sp³-hybridized carbons (Fsp3) is 0.310. The molecule has 0 radical (unpaired) electrons. The van der Waals surface area contributed by atoms with Crippen LogP contribution in [0.1, 0.15) is 35.9 Å². The highest BCUT2D eigenvalue weighted by molar-refractivity contribution is 6.31. The van der Waals surface area contributed by atoms with Crippen molar-refractivity contribution >= 4 is 22.5 Å². The van der Waals surface area contributed by atoms with E-state index in [1.165, 1.54) is 0 Å². The summed E-state index contributed by atoms with van der Waals surface area (Å²) in [5.74, 6) is 0.646. The average Bonchev–Trinajstić information content (AvgIpc) is 3.33. The molecule has 5 nitrogen and oxygen atoms in total. The van der Waals surface area contributed by atoms with Gasteiger partial charge in [0.1, 0.15) is 11.6 Å². The lowest BCUT2D eigenvalue weighted by atomic mass is 9.87. The molecule has 2 heterocycles. The number of benzene rings is 3. The summed E-state index contributed by atoms with van der Waals surface area (Å²) in [6.45, 7) is 5.96. The quantitative estimate of drug-likeness (QED) is 0.365. The normalized spacial score (nSPS) is 15.9. The molecule has 0 bridgehead atoms. The zero-order valence-electron chi connectivity index (χ0n) is 20.5. The van der Waals surface area contributed by atoms with E-state index in [1.807, 2.05) is 42.5 Å². The van der Waals surface area contributed by atoms with Crippen LogP contribution in [0.3, 0.4) is 0 Å². The molecule has 5 rings (SSSR count). The summed E-state index contributed by atoms with van der Waals surface area (Å²) < 4.78 is 16.2. The zero-order chi connectivity index (χ0) is 25.3. The monoisotopic (exact) mass is 504 g/mol. The van der Waals surface area contributed by atoms with Crippen molar-refractivity contribution < 1.29 is 4.39 Å². The number of nitrogens with one attached hydrogen (secondary N) is 2. The summed E-state index contributed by atoms with van der Waals surface area (Å²) in [6.07, 6.45) is 1.30. The molecule has 1 atom stereocenters. The van der Waals surface area contributed by atoms with Gasteiger partial charge in [0.05, 0.1) is 23.1 Å². The molecule has 0 amide bonds. The van der Waals surface area contributed by atoms with Crippen LogP contribution >= 0.6 is 11.6 Å². The van der Waals surface area contributed by atoms with Crippen LogP contribution < -0.4 is 16.2 Å². The van der Waals surface area contributed by atoms with Gasteiger partial charge >= 0.3 is 0 Å². The summed E-state index contributed by atoms with van der Waals surface area (Å²) in [4.78, 5) is 18.5. The van der Waals surface area contributed by atoms with Crippen LogP contribution in [0.5, 0.6) is 0 Å². The first kappa shape index (κ1) is 24.6. The van der Waals surface area contributed by atoms with Crippen LogP contribution in [0.25, 0.3) is 10.9 Å². The highest BCUT2D eigenvalue weighted by atomic mass is 35.5. The number of aromatic nitrogens is 2. The lowest BCUT2D eigenvalue weighted by Crippen LogP contribution is -2.47. The molecule has 0 aliphatic carbocycles. The van der Waals surface area contributed by atoms with Gasteiger partial charge in [-0.3, -0.25) is 20.0 Å². The van der Waals surface area contributed by atoms with Crippen LogP contribution in [0, 0.1) is 18.7 Å². The Morgan fingerprint density at radius 3 is 2.56 bits per heavy atom. The van der Waals surface area contributed by atoms with E-state index in [0.717, 1.165) is 24.2 Å². The Morgan fingerprint density at radius 2 is 1.83 bits per heavy atom. The van der Waals surface area contributed by atoms with E-state index >= 15 is 0 Å². The van der Waals surface area contributed by atoms with E-state index in [0.29, 0.717) is 46.7 Å². The van der Waals surface area contributed by atoms with Crippen molar-refractivity contribution in [1.82, 2.24) is 20.2 Å². The van der Waals surface area contributed by atoms with Crippen LogP contribution in [0.4, 0.5) is 4.39 Å². The number of halogens is 2. The molecule has 186 valence electrons. The molecular formula is C29H30ClFN4O. The number of nitrogens with zero attached hydrogens (tertiary/aromatic N) is 2. The largest absolute Gasteiger partial charge is 0.294 e. The van der Waals surface area contributed by atoms with Gasteiger partial charge in [0.2, 0.25) is 0 Å². The summed E-state index contributed by atoms with van der Waals surface area (Å²) in [7, 11) is 0. The van der Waals surface area contributed by atoms with Gasteiger partial charge in [-0.1, -0.05) is 61.0 Å². The van der Waals surface area contributed by atoms with Crippen molar-refractivity contribution in [2.75, 3.05) is 13.1 Å². The Bertz CT molecular complexity index is 1450. The van der Waals surface area contributed by atoms with E-state index < -0.39 is 5.66 Å². The summed E-state index contributed by atoms with van der Waals surface area (Å²) in [5.41, 5.74) is 2.55. The van der Waals surface area contributed by atoms with Gasteiger partial charge in [-0.25, -0.2) is 9.37 Å². The highest BCUT2D eigenvalue weighted by Crippen LogP contribution is 2.31. The molecular weight excluding hydrogens is 475 g/mol. The lowest BCUT2D eigenvalue weighted by molar-refractivity contribution is 0.262. The van der Waals surface area contributed by atoms with Gasteiger partial charge < -0.3 is 0 Å². The minimum absolute atomic E-state index is 0.0739. The van der Waals surface area contributed by atoms with Gasteiger partial charge in [0.25, 0.3) is 5.56 Å². The van der Waals surface area contributed by atoms with Crippen molar-refractivity contribution in [3.63, 3.8) is 0 Å². The van der Waals surface area contributed by atoms with E-state index in [9.17, 15) is 9.18 Å². The molecule has 7 heteroatoms. The van der Waals surface area contributed by atoms with Crippen LogP contribution in [-0.2, 0) is 18.6 Å². The van der Waals surface area contributed by atoms with E-state index in [2.05, 4.69) is 17.6 Å². The Kier molecular flexibility index (Phi) is 6.93. The molecule has 1 aliphatic rings. The molecule has 2 N–H and O–H groups in total. The fourth-order valence-corrected chi connectivity index (χ4v) is 5.34. The minimum Gasteiger partial charge on any atom is -0.294 e. The molecule has 1 aromatic heterocycles. The molecule has 36 heavy (non-hydrogen) atoms. The number of rotatable bonds is 7. The Morgan fingerprint density at radius 1 is 1.08 bits per heavy atom. The van der Waals surface area contributed by atoms with Gasteiger partial charge in [-0.2, -0.15) is 0 Å². The Labute approximate surface area is 215 Å². The molecule has 1 aliphatic heterocycles. The van der Waals surface area contributed by atoms with Crippen molar-refractivity contribution in [2.24, 2.45) is 5.92 Å². The molecule has 4 aromatic rings. The zero-order valence-corrected chi connectivity index (χ0v) is 21.3. The predicted molar refractivity (Wildman–Crippen MR) is 143 cm³/mol. The molecule has 1 fully saturated rings. The minimum atomic E-state index is -0.529. The molecule has 1 unspecified atom stereocenters. The highest BCUT2D eigenvalue weighted by Gasteiger charge is 2.37. The Balaban J connectivity index is 1.50. The summed E-state index contributed by atoms with van der Waals surface area (Å²) in [5, 5.41) is 8.24. The van der Waals surface area contributed by atoms with E-state index in [1.54, 1.807) is 35.8 Å². The molecule has 0 saturated carbocycles. The number of aryl methyl sites for hydroxylation is 1. The van der Waals surface area contributed by atoms with Crippen molar-refractivity contribution in [3.05, 3.63) is 110 Å². The standard InChI is InChI=1S/C29H30ClFN4O/c1-19(17-29(32-12-13-33-29)22-9-8-20(2)25(31)15-22)14-27-34-26-16-23(30)10-11-24(26)28(36)35(27)18-21-6-4-3-5-7-21/h3-11,15-16,19,32-33H,12-14,17-18H2,1-2H3. The first-order valence-electron chi connectivity index (χ1n) is 12.3. The third kappa shape index (κ3) is 4.94. The van der Waals surface area contributed by atoms with Gasteiger partial charge in [0, 0.05) is 24.5 Å². The fourth-order valence-electron chi connectivity index (χ4n) is 5.17. The van der Waals surface area contributed by atoms with Crippen molar-refractivity contribution in [3.8, 4) is 0 Å². The van der Waals surface area contributed by atoms with E-state index in [4.69, 9.17) is 16.6 Å². The lowest BCUT2D eigenvalue weighted by Gasteiger charge is -2.33. The van der Waals surface area contributed by atoms with Crippen LogP contribution in [0.15, 0.2) is 71.5 Å². The SMILES string of the molecule is Cc1ccc(C2(CC(C)Cc3nc4cc(Cl)ccc4c(=O)n3Cc3ccccc3)NCCN2)cc1F. The first-order chi connectivity index (χ1) is 17.3.